The Morgan fingerprint density at radius 1 is 1.33 bits per heavy atom. The van der Waals surface area contributed by atoms with E-state index in [4.69, 9.17) is 0 Å². The third-order valence-corrected chi connectivity index (χ3v) is 2.93. The molecule has 0 saturated carbocycles. The van der Waals surface area contributed by atoms with E-state index >= 15 is 0 Å². The molecule has 0 unspecified atom stereocenters. The summed E-state index contributed by atoms with van der Waals surface area (Å²) in [6.45, 7) is 3.78. The lowest BCUT2D eigenvalue weighted by Gasteiger charge is -2.05. The maximum atomic E-state index is 11.7. The van der Waals surface area contributed by atoms with Crippen LogP contribution in [0.3, 0.4) is 0 Å². The first-order chi connectivity index (χ1) is 8.76. The molecule has 0 aliphatic heterocycles. The number of benzene rings is 1. The lowest BCUT2D eigenvalue weighted by Crippen LogP contribution is -2.26. The van der Waals surface area contributed by atoms with Crippen LogP contribution in [0.4, 0.5) is 0 Å². The fourth-order valence-corrected chi connectivity index (χ4v) is 2.19. The predicted molar refractivity (Wildman–Crippen MR) is 73.4 cm³/mol. The highest BCUT2D eigenvalue weighted by atomic mass is 16.1. The molecule has 4 heteroatoms. The van der Waals surface area contributed by atoms with Crippen molar-refractivity contribution < 1.29 is 4.79 Å². The lowest BCUT2D eigenvalue weighted by molar-refractivity contribution is -0.121. The molecule has 4 nitrogen and oxygen atoms in total. The van der Waals surface area contributed by atoms with Crippen LogP contribution < -0.4 is 10.6 Å². The molecular weight excluding hydrogens is 226 g/mol. The van der Waals surface area contributed by atoms with Gasteiger partial charge in [-0.3, -0.25) is 4.79 Å². The van der Waals surface area contributed by atoms with Crippen LogP contribution in [0.1, 0.15) is 12.5 Å². The zero-order valence-electron chi connectivity index (χ0n) is 10.9. The van der Waals surface area contributed by atoms with Crippen LogP contribution in [0.15, 0.2) is 30.5 Å². The van der Waals surface area contributed by atoms with Crippen molar-refractivity contribution in [3.05, 3.63) is 36.0 Å². The standard InChI is InChI=1S/C14H19N3O/c1-3-16-14(18)10-17-9-11(8-15-2)12-6-4-5-7-13(12)17/h4-7,9,15H,3,8,10H2,1-2H3,(H,16,18). The van der Waals surface area contributed by atoms with Gasteiger partial charge in [0.05, 0.1) is 0 Å². The summed E-state index contributed by atoms with van der Waals surface area (Å²) in [4.78, 5) is 11.7. The first-order valence-electron chi connectivity index (χ1n) is 6.24. The van der Waals surface area contributed by atoms with Crippen LogP contribution in [0.25, 0.3) is 10.9 Å². The maximum absolute atomic E-state index is 11.7. The van der Waals surface area contributed by atoms with E-state index in [1.54, 1.807) is 0 Å². The van der Waals surface area contributed by atoms with E-state index in [0.717, 1.165) is 12.1 Å². The predicted octanol–water partition coefficient (Wildman–Crippen LogP) is 1.50. The number of nitrogens with one attached hydrogen (secondary N) is 2. The Bertz CT molecular complexity index is 545. The van der Waals surface area contributed by atoms with Crippen LogP contribution in [0, 0.1) is 0 Å². The van der Waals surface area contributed by atoms with Crippen LogP contribution in [-0.2, 0) is 17.9 Å². The van der Waals surface area contributed by atoms with Crippen molar-refractivity contribution in [3.8, 4) is 0 Å². The molecule has 2 N–H and O–H groups in total. The first-order valence-corrected chi connectivity index (χ1v) is 6.24. The van der Waals surface area contributed by atoms with Crippen LogP contribution >= 0.6 is 0 Å². The molecule has 0 fully saturated rings. The number of hydrogen-bond acceptors (Lipinski definition) is 2. The van der Waals surface area contributed by atoms with Crippen LogP contribution in [-0.4, -0.2) is 24.1 Å². The van der Waals surface area contributed by atoms with Gasteiger partial charge in [0.15, 0.2) is 0 Å². The van der Waals surface area contributed by atoms with Gasteiger partial charge in [-0.25, -0.2) is 0 Å². The molecule has 0 saturated heterocycles. The Hall–Kier alpha value is -1.81. The Morgan fingerprint density at radius 2 is 2.11 bits per heavy atom. The Morgan fingerprint density at radius 3 is 2.83 bits per heavy atom. The topological polar surface area (TPSA) is 46.1 Å². The summed E-state index contributed by atoms with van der Waals surface area (Å²) in [5.41, 5.74) is 2.33. The fourth-order valence-electron chi connectivity index (χ4n) is 2.19. The van der Waals surface area contributed by atoms with E-state index in [0.29, 0.717) is 13.1 Å². The summed E-state index contributed by atoms with van der Waals surface area (Å²) in [6, 6.07) is 8.17. The summed E-state index contributed by atoms with van der Waals surface area (Å²) in [5, 5.41) is 7.18. The number of hydrogen-bond donors (Lipinski definition) is 2. The van der Waals surface area contributed by atoms with Crippen molar-refractivity contribution in [2.75, 3.05) is 13.6 Å². The number of fused-ring (bicyclic) bond motifs is 1. The summed E-state index contributed by atoms with van der Waals surface area (Å²) in [5.74, 6) is 0.0502. The molecule has 18 heavy (non-hydrogen) atoms. The molecule has 1 amide bonds. The zero-order valence-corrected chi connectivity index (χ0v) is 10.9. The van der Waals surface area contributed by atoms with Gasteiger partial charge in [0, 0.05) is 30.2 Å². The second kappa shape index (κ2) is 5.69. The molecule has 0 aliphatic carbocycles. The van der Waals surface area contributed by atoms with E-state index in [1.165, 1.54) is 10.9 Å². The van der Waals surface area contributed by atoms with Crippen molar-refractivity contribution in [1.29, 1.82) is 0 Å². The molecule has 96 valence electrons. The van der Waals surface area contributed by atoms with E-state index in [9.17, 15) is 4.79 Å². The van der Waals surface area contributed by atoms with E-state index < -0.39 is 0 Å². The number of carbonyl (C=O) groups excluding carboxylic acids is 1. The average Bonchev–Trinajstić information content (AvgIpc) is 2.69. The smallest absolute Gasteiger partial charge is 0.239 e. The maximum Gasteiger partial charge on any atom is 0.239 e. The molecule has 0 aliphatic rings. The summed E-state index contributed by atoms with van der Waals surface area (Å²) >= 11 is 0. The van der Waals surface area contributed by atoms with Gasteiger partial charge in [-0.1, -0.05) is 18.2 Å². The summed E-state index contributed by atoms with van der Waals surface area (Å²) < 4.78 is 2.01. The minimum absolute atomic E-state index is 0.0502. The fraction of sp³-hybridized carbons (Fsp3) is 0.357. The Labute approximate surface area is 107 Å². The second-order valence-corrected chi connectivity index (χ2v) is 4.28. The highest BCUT2D eigenvalue weighted by Crippen LogP contribution is 2.21. The van der Waals surface area contributed by atoms with Crippen molar-refractivity contribution in [2.45, 2.75) is 20.0 Å². The minimum Gasteiger partial charge on any atom is -0.355 e. The molecule has 0 radical (unpaired) electrons. The first kappa shape index (κ1) is 12.6. The normalized spacial score (nSPS) is 10.8. The van der Waals surface area contributed by atoms with Gasteiger partial charge in [0.25, 0.3) is 0 Å². The quantitative estimate of drug-likeness (QED) is 0.838. The molecular formula is C14H19N3O. The van der Waals surface area contributed by atoms with Crippen molar-refractivity contribution in [1.82, 2.24) is 15.2 Å². The van der Waals surface area contributed by atoms with Crippen molar-refractivity contribution >= 4 is 16.8 Å². The highest BCUT2D eigenvalue weighted by Gasteiger charge is 2.09. The largest absolute Gasteiger partial charge is 0.355 e. The highest BCUT2D eigenvalue weighted by molar-refractivity contribution is 5.86. The van der Waals surface area contributed by atoms with E-state index in [1.807, 2.05) is 36.7 Å². The van der Waals surface area contributed by atoms with Crippen LogP contribution in [0.5, 0.6) is 0 Å². The van der Waals surface area contributed by atoms with Crippen LogP contribution in [0.2, 0.25) is 0 Å². The van der Waals surface area contributed by atoms with Crippen molar-refractivity contribution in [3.63, 3.8) is 0 Å². The number of rotatable bonds is 5. The molecule has 2 aromatic rings. The van der Waals surface area contributed by atoms with E-state index in [2.05, 4.69) is 22.9 Å². The number of aromatic nitrogens is 1. The van der Waals surface area contributed by atoms with Gasteiger partial charge in [-0.15, -0.1) is 0 Å². The molecule has 1 aromatic heterocycles. The SMILES string of the molecule is CCNC(=O)Cn1cc(CNC)c2ccccc21. The molecule has 0 spiro atoms. The number of nitrogens with zero attached hydrogens (tertiary/aromatic N) is 1. The lowest BCUT2D eigenvalue weighted by atomic mass is 10.2. The second-order valence-electron chi connectivity index (χ2n) is 4.28. The molecule has 1 heterocycles. The monoisotopic (exact) mass is 245 g/mol. The van der Waals surface area contributed by atoms with Gasteiger partial charge in [-0.05, 0) is 25.6 Å². The molecule has 2 rings (SSSR count). The zero-order chi connectivity index (χ0) is 13.0. The minimum atomic E-state index is 0.0502. The van der Waals surface area contributed by atoms with E-state index in [-0.39, 0.29) is 5.91 Å². The van der Waals surface area contributed by atoms with Crippen molar-refractivity contribution in [2.24, 2.45) is 0 Å². The molecule has 0 bridgehead atoms. The summed E-state index contributed by atoms with van der Waals surface area (Å²) in [6.07, 6.45) is 2.05. The third-order valence-electron chi connectivity index (χ3n) is 2.93. The molecule has 1 aromatic carbocycles. The van der Waals surface area contributed by atoms with Gasteiger partial charge in [0.1, 0.15) is 6.54 Å². The van der Waals surface area contributed by atoms with Gasteiger partial charge in [-0.2, -0.15) is 0 Å². The number of amides is 1. The average molecular weight is 245 g/mol. The third kappa shape index (κ3) is 2.54. The number of likely N-dealkylation sites (N-methyl/N-ethyl adjacent to an activating group) is 1. The number of para-hydroxylation sites is 1. The molecule has 0 atom stereocenters. The van der Waals surface area contributed by atoms with Gasteiger partial charge < -0.3 is 15.2 Å². The number of carbonyl (C=O) groups is 1. The van der Waals surface area contributed by atoms with Gasteiger partial charge in [0.2, 0.25) is 5.91 Å². The summed E-state index contributed by atoms with van der Waals surface area (Å²) in [7, 11) is 1.93. The Kier molecular flexibility index (Phi) is 3.99. The van der Waals surface area contributed by atoms with Gasteiger partial charge >= 0.3 is 0 Å². The Balaban J connectivity index is 2.35.